The van der Waals surface area contributed by atoms with Gasteiger partial charge in [0, 0.05) is 32.7 Å². The van der Waals surface area contributed by atoms with Gasteiger partial charge < -0.3 is 24.8 Å². The van der Waals surface area contributed by atoms with Gasteiger partial charge in [-0.2, -0.15) is 0 Å². The van der Waals surface area contributed by atoms with Crippen molar-refractivity contribution in [3.63, 3.8) is 0 Å². The molecule has 0 spiro atoms. The molecule has 1 aromatic carbocycles. The number of halogens is 2. The molecule has 160 valence electrons. The van der Waals surface area contributed by atoms with Gasteiger partial charge in [0.15, 0.2) is 11.7 Å². The van der Waals surface area contributed by atoms with Gasteiger partial charge in [-0.3, -0.25) is 4.99 Å². The fourth-order valence-corrected chi connectivity index (χ4v) is 2.98. The van der Waals surface area contributed by atoms with Crippen molar-refractivity contribution in [3.8, 4) is 0 Å². The summed E-state index contributed by atoms with van der Waals surface area (Å²) >= 11 is 0. The van der Waals surface area contributed by atoms with Crippen molar-refractivity contribution >= 4 is 35.6 Å². The molecule has 0 amide bonds. The monoisotopic (exact) mass is 517 g/mol. The third-order valence-corrected chi connectivity index (χ3v) is 4.65. The normalized spacial score (nSPS) is 14.7. The molecular formula is C20H29FIN5O2. The van der Waals surface area contributed by atoms with Crippen LogP contribution in [0.1, 0.15) is 36.8 Å². The molecule has 0 unspecified atom stereocenters. The lowest BCUT2D eigenvalue weighted by Gasteiger charge is -2.29. The summed E-state index contributed by atoms with van der Waals surface area (Å²) in [7, 11) is 1.69. The van der Waals surface area contributed by atoms with E-state index < -0.39 is 0 Å². The van der Waals surface area contributed by atoms with Gasteiger partial charge in [0.25, 0.3) is 0 Å². The average molecular weight is 517 g/mol. The summed E-state index contributed by atoms with van der Waals surface area (Å²) in [5, 5.41) is 10.4. The molecule has 9 heteroatoms. The van der Waals surface area contributed by atoms with Crippen molar-refractivity contribution in [2.75, 3.05) is 38.3 Å². The fraction of sp³-hybridized carbons (Fsp3) is 0.500. The van der Waals surface area contributed by atoms with E-state index in [4.69, 9.17) is 9.26 Å². The van der Waals surface area contributed by atoms with Crippen LogP contribution in [-0.4, -0.2) is 44.5 Å². The summed E-state index contributed by atoms with van der Waals surface area (Å²) in [5.74, 6) is 1.46. The number of benzene rings is 1. The molecule has 3 rings (SSSR count). The summed E-state index contributed by atoms with van der Waals surface area (Å²) in [6.07, 6.45) is 0. The van der Waals surface area contributed by atoms with Gasteiger partial charge in [-0.25, -0.2) is 4.39 Å². The van der Waals surface area contributed by atoms with Crippen LogP contribution < -0.4 is 15.5 Å². The number of morpholine rings is 1. The molecule has 29 heavy (non-hydrogen) atoms. The second-order valence-corrected chi connectivity index (χ2v) is 7.04. The van der Waals surface area contributed by atoms with E-state index in [1.807, 2.05) is 23.1 Å². The highest BCUT2D eigenvalue weighted by Crippen LogP contribution is 2.21. The summed E-state index contributed by atoms with van der Waals surface area (Å²) < 4.78 is 25.1. The van der Waals surface area contributed by atoms with Crippen molar-refractivity contribution in [3.05, 3.63) is 47.1 Å². The largest absolute Gasteiger partial charge is 0.378 e. The first-order valence-corrected chi connectivity index (χ1v) is 9.58. The van der Waals surface area contributed by atoms with Crippen LogP contribution in [0, 0.1) is 5.82 Å². The number of guanidine groups is 1. The Kier molecular flexibility index (Phi) is 9.15. The number of nitrogens with one attached hydrogen (secondary N) is 2. The number of aromatic nitrogens is 1. The van der Waals surface area contributed by atoms with Crippen LogP contribution >= 0.6 is 24.0 Å². The van der Waals surface area contributed by atoms with Crippen LogP contribution in [-0.2, 0) is 17.8 Å². The van der Waals surface area contributed by atoms with E-state index in [0.29, 0.717) is 57.0 Å². The number of rotatable bonds is 6. The zero-order chi connectivity index (χ0) is 19.9. The van der Waals surface area contributed by atoms with Crippen molar-refractivity contribution in [1.82, 2.24) is 15.8 Å². The van der Waals surface area contributed by atoms with E-state index in [1.54, 1.807) is 13.1 Å². The van der Waals surface area contributed by atoms with Gasteiger partial charge in [0.1, 0.15) is 5.82 Å². The maximum Gasteiger partial charge on any atom is 0.191 e. The van der Waals surface area contributed by atoms with Crippen molar-refractivity contribution in [1.29, 1.82) is 0 Å². The predicted molar refractivity (Wildman–Crippen MR) is 122 cm³/mol. The highest BCUT2D eigenvalue weighted by Gasteiger charge is 2.15. The van der Waals surface area contributed by atoms with Gasteiger partial charge in [-0.1, -0.05) is 25.1 Å². The summed E-state index contributed by atoms with van der Waals surface area (Å²) in [6, 6.07) is 7.26. The quantitative estimate of drug-likeness (QED) is 0.348. The highest BCUT2D eigenvalue weighted by molar-refractivity contribution is 14.0. The summed E-state index contributed by atoms with van der Waals surface area (Å²) in [4.78, 5) is 6.20. The molecule has 1 fully saturated rings. The van der Waals surface area contributed by atoms with Crippen LogP contribution in [0.2, 0.25) is 0 Å². The first-order chi connectivity index (χ1) is 13.6. The van der Waals surface area contributed by atoms with Crippen LogP contribution in [0.15, 0.2) is 33.8 Å². The molecule has 2 aromatic rings. The number of nitrogens with zero attached hydrogens (tertiary/aromatic N) is 3. The minimum Gasteiger partial charge on any atom is -0.378 e. The third-order valence-electron chi connectivity index (χ3n) is 4.65. The first-order valence-electron chi connectivity index (χ1n) is 9.58. The van der Waals surface area contributed by atoms with E-state index in [2.05, 4.69) is 34.6 Å². The Morgan fingerprint density at radius 1 is 1.21 bits per heavy atom. The zero-order valence-electron chi connectivity index (χ0n) is 17.1. The lowest BCUT2D eigenvalue weighted by atomic mass is 10.1. The standard InChI is InChI=1S/C20H28FN5O2.HI/c1-14(2)18-11-16(28-25-18)13-24-20(22-3)23-12-15-4-5-19(17(21)10-15)26-6-8-27-9-7-26;/h4-5,10-11,14H,6-9,12-13H2,1-3H3,(H2,22,23,24);1H. The van der Waals surface area contributed by atoms with Gasteiger partial charge >= 0.3 is 0 Å². The molecule has 0 bridgehead atoms. The number of hydrogen-bond donors (Lipinski definition) is 2. The SMILES string of the molecule is CN=C(NCc1ccc(N2CCOCC2)c(F)c1)NCc1cc(C(C)C)no1.I. The van der Waals surface area contributed by atoms with Crippen LogP contribution in [0.3, 0.4) is 0 Å². The highest BCUT2D eigenvalue weighted by atomic mass is 127. The molecule has 1 saturated heterocycles. The Morgan fingerprint density at radius 3 is 2.55 bits per heavy atom. The number of ether oxygens (including phenoxy) is 1. The van der Waals surface area contributed by atoms with Gasteiger partial charge in [0.2, 0.25) is 0 Å². The Bertz CT molecular complexity index is 806. The lowest BCUT2D eigenvalue weighted by Crippen LogP contribution is -2.37. The topological polar surface area (TPSA) is 74.9 Å². The molecule has 7 nitrogen and oxygen atoms in total. The summed E-state index contributed by atoms with van der Waals surface area (Å²) in [5.41, 5.74) is 2.40. The van der Waals surface area contributed by atoms with E-state index in [9.17, 15) is 4.39 Å². The minimum absolute atomic E-state index is 0. The predicted octanol–water partition coefficient (Wildman–Crippen LogP) is 3.26. The molecule has 1 aliphatic rings. The fourth-order valence-electron chi connectivity index (χ4n) is 2.98. The Hall–Kier alpha value is -1.88. The lowest BCUT2D eigenvalue weighted by molar-refractivity contribution is 0.122. The second kappa shape index (κ2) is 11.3. The molecule has 1 aromatic heterocycles. The van der Waals surface area contributed by atoms with E-state index >= 15 is 0 Å². The average Bonchev–Trinajstić information content (AvgIpc) is 3.18. The summed E-state index contributed by atoms with van der Waals surface area (Å²) in [6.45, 7) is 7.77. The Morgan fingerprint density at radius 2 is 1.93 bits per heavy atom. The maximum absolute atomic E-state index is 14.5. The minimum atomic E-state index is -0.216. The van der Waals surface area contributed by atoms with E-state index in [1.165, 1.54) is 0 Å². The molecular weight excluding hydrogens is 488 g/mol. The molecule has 1 aliphatic heterocycles. The second-order valence-electron chi connectivity index (χ2n) is 7.04. The van der Waals surface area contributed by atoms with Gasteiger partial charge in [0.05, 0.1) is 31.1 Å². The third kappa shape index (κ3) is 6.56. The number of hydrogen-bond acceptors (Lipinski definition) is 5. The molecule has 0 radical (unpaired) electrons. The van der Waals surface area contributed by atoms with E-state index in [0.717, 1.165) is 17.0 Å². The van der Waals surface area contributed by atoms with Crippen molar-refractivity contribution in [2.45, 2.75) is 32.9 Å². The van der Waals surface area contributed by atoms with Crippen LogP contribution in [0.4, 0.5) is 10.1 Å². The van der Waals surface area contributed by atoms with Crippen LogP contribution in [0.5, 0.6) is 0 Å². The molecule has 0 aliphatic carbocycles. The van der Waals surface area contributed by atoms with Crippen molar-refractivity contribution < 1.29 is 13.7 Å². The van der Waals surface area contributed by atoms with Gasteiger partial charge in [-0.05, 0) is 23.6 Å². The molecule has 0 saturated carbocycles. The smallest absolute Gasteiger partial charge is 0.191 e. The number of aliphatic imine (C=N–C) groups is 1. The number of anilines is 1. The van der Waals surface area contributed by atoms with E-state index in [-0.39, 0.29) is 29.8 Å². The zero-order valence-corrected chi connectivity index (χ0v) is 19.4. The Balaban J connectivity index is 0.00000300. The van der Waals surface area contributed by atoms with Gasteiger partial charge in [-0.15, -0.1) is 24.0 Å². The van der Waals surface area contributed by atoms with Crippen molar-refractivity contribution in [2.24, 2.45) is 4.99 Å². The van der Waals surface area contributed by atoms with Crippen LogP contribution in [0.25, 0.3) is 0 Å². The molecule has 2 N–H and O–H groups in total. The maximum atomic E-state index is 14.5. The molecule has 2 heterocycles. The first kappa shape index (κ1) is 23.4. The molecule has 0 atom stereocenters. The Labute approximate surface area is 188 Å².